The van der Waals surface area contributed by atoms with E-state index in [1.807, 2.05) is 37.3 Å². The first-order chi connectivity index (χ1) is 10.0. The molecule has 1 aromatic carbocycles. The maximum Gasteiger partial charge on any atom is 0.329 e. The van der Waals surface area contributed by atoms with Gasteiger partial charge in [0.1, 0.15) is 5.54 Å². The van der Waals surface area contributed by atoms with Crippen molar-refractivity contribution in [2.45, 2.75) is 38.1 Å². The second-order valence-corrected chi connectivity index (χ2v) is 5.66. The van der Waals surface area contributed by atoms with Gasteiger partial charge in [-0.05, 0) is 30.4 Å². The fraction of sp³-hybridized carbons (Fsp3) is 0.412. The third-order valence-electron chi connectivity index (χ3n) is 4.25. The standard InChI is InChI=1S/C17H21NO3/c1-13-7-5-6-12-17(13,16(20)21)18-15(19)11-10-14-8-3-2-4-9-14/h2-4,8-11,13H,5-7,12H2,1H3,(H,18,19)(H,20,21). The summed E-state index contributed by atoms with van der Waals surface area (Å²) in [6, 6.07) is 9.46. The van der Waals surface area contributed by atoms with Crippen molar-refractivity contribution in [3.8, 4) is 0 Å². The van der Waals surface area contributed by atoms with Gasteiger partial charge in [-0.2, -0.15) is 0 Å². The maximum atomic E-state index is 12.1. The Morgan fingerprint density at radius 3 is 2.62 bits per heavy atom. The van der Waals surface area contributed by atoms with E-state index in [1.54, 1.807) is 6.08 Å². The van der Waals surface area contributed by atoms with Crippen LogP contribution in [0.3, 0.4) is 0 Å². The van der Waals surface area contributed by atoms with Gasteiger partial charge < -0.3 is 10.4 Å². The quantitative estimate of drug-likeness (QED) is 0.837. The minimum atomic E-state index is -1.13. The number of carbonyl (C=O) groups excluding carboxylic acids is 1. The van der Waals surface area contributed by atoms with E-state index < -0.39 is 11.5 Å². The van der Waals surface area contributed by atoms with Crippen molar-refractivity contribution in [1.29, 1.82) is 0 Å². The molecule has 0 saturated heterocycles. The van der Waals surface area contributed by atoms with Gasteiger partial charge in [0, 0.05) is 6.08 Å². The molecule has 0 aliphatic heterocycles. The third-order valence-corrected chi connectivity index (χ3v) is 4.25. The van der Waals surface area contributed by atoms with Gasteiger partial charge >= 0.3 is 5.97 Å². The predicted octanol–water partition coefficient (Wildman–Crippen LogP) is 2.85. The van der Waals surface area contributed by atoms with Gasteiger partial charge in [-0.1, -0.05) is 50.1 Å². The molecule has 2 rings (SSSR count). The molecule has 1 aliphatic carbocycles. The van der Waals surface area contributed by atoms with Gasteiger partial charge in [-0.25, -0.2) is 4.79 Å². The minimum absolute atomic E-state index is 0.0576. The summed E-state index contributed by atoms with van der Waals surface area (Å²) < 4.78 is 0. The van der Waals surface area contributed by atoms with Crippen LogP contribution in [-0.4, -0.2) is 22.5 Å². The van der Waals surface area contributed by atoms with Gasteiger partial charge in [0.05, 0.1) is 0 Å². The van der Waals surface area contributed by atoms with Crippen molar-refractivity contribution in [3.63, 3.8) is 0 Å². The molecule has 1 saturated carbocycles. The summed E-state index contributed by atoms with van der Waals surface area (Å²) in [4.78, 5) is 23.7. The number of benzene rings is 1. The number of nitrogens with one attached hydrogen (secondary N) is 1. The molecule has 21 heavy (non-hydrogen) atoms. The first-order valence-electron chi connectivity index (χ1n) is 7.33. The lowest BCUT2D eigenvalue weighted by molar-refractivity contribution is -0.151. The Kier molecular flexibility index (Phi) is 4.78. The van der Waals surface area contributed by atoms with Crippen LogP contribution in [0, 0.1) is 5.92 Å². The maximum absolute atomic E-state index is 12.1. The van der Waals surface area contributed by atoms with Gasteiger partial charge in [0.2, 0.25) is 5.91 Å². The molecule has 2 atom stereocenters. The van der Waals surface area contributed by atoms with E-state index in [-0.39, 0.29) is 11.8 Å². The minimum Gasteiger partial charge on any atom is -0.479 e. The van der Waals surface area contributed by atoms with Crippen LogP contribution >= 0.6 is 0 Å². The Morgan fingerprint density at radius 2 is 2.00 bits per heavy atom. The number of carbonyl (C=O) groups is 2. The molecule has 0 bridgehead atoms. The molecule has 1 aliphatic rings. The predicted molar refractivity (Wildman–Crippen MR) is 81.6 cm³/mol. The molecule has 1 amide bonds. The number of carboxylic acid groups (broad SMARTS) is 1. The molecular weight excluding hydrogens is 266 g/mol. The molecular formula is C17H21NO3. The number of carboxylic acids is 1. The lowest BCUT2D eigenvalue weighted by Gasteiger charge is -2.39. The average Bonchev–Trinajstić information content (AvgIpc) is 2.48. The highest BCUT2D eigenvalue weighted by atomic mass is 16.4. The number of hydrogen-bond acceptors (Lipinski definition) is 2. The van der Waals surface area contributed by atoms with Crippen LogP contribution in [0.15, 0.2) is 36.4 Å². The summed E-state index contributed by atoms with van der Waals surface area (Å²) in [5.41, 5.74) is -0.218. The van der Waals surface area contributed by atoms with Crippen molar-refractivity contribution >= 4 is 18.0 Å². The van der Waals surface area contributed by atoms with Gasteiger partial charge in [-0.3, -0.25) is 4.79 Å². The fourth-order valence-corrected chi connectivity index (χ4v) is 2.90. The van der Waals surface area contributed by atoms with E-state index in [1.165, 1.54) is 6.08 Å². The second kappa shape index (κ2) is 6.57. The van der Waals surface area contributed by atoms with Crippen molar-refractivity contribution in [2.24, 2.45) is 5.92 Å². The molecule has 0 heterocycles. The zero-order valence-electron chi connectivity index (χ0n) is 12.2. The third kappa shape index (κ3) is 3.51. The number of amides is 1. The molecule has 4 heteroatoms. The highest BCUT2D eigenvalue weighted by Gasteiger charge is 2.45. The van der Waals surface area contributed by atoms with Gasteiger partial charge in [-0.15, -0.1) is 0 Å². The van der Waals surface area contributed by atoms with E-state index >= 15 is 0 Å². The summed E-state index contributed by atoms with van der Waals surface area (Å²) in [5.74, 6) is -1.34. The Morgan fingerprint density at radius 1 is 1.29 bits per heavy atom. The van der Waals surface area contributed by atoms with E-state index in [0.717, 1.165) is 24.8 Å². The summed E-state index contributed by atoms with van der Waals surface area (Å²) in [7, 11) is 0. The van der Waals surface area contributed by atoms with Gasteiger partial charge in [0.15, 0.2) is 0 Å². The molecule has 0 spiro atoms. The molecule has 0 radical (unpaired) electrons. The van der Waals surface area contributed by atoms with Crippen molar-refractivity contribution < 1.29 is 14.7 Å². The summed E-state index contributed by atoms with van der Waals surface area (Å²) in [6.45, 7) is 1.90. The normalized spacial score (nSPS) is 25.7. The average molecular weight is 287 g/mol. The van der Waals surface area contributed by atoms with Crippen molar-refractivity contribution in [2.75, 3.05) is 0 Å². The first kappa shape index (κ1) is 15.3. The Hall–Kier alpha value is -2.10. The van der Waals surface area contributed by atoms with Crippen LogP contribution in [0.1, 0.15) is 38.2 Å². The van der Waals surface area contributed by atoms with Crippen molar-refractivity contribution in [3.05, 3.63) is 42.0 Å². The Balaban J connectivity index is 2.09. The van der Waals surface area contributed by atoms with Crippen LogP contribution in [0.25, 0.3) is 6.08 Å². The molecule has 4 nitrogen and oxygen atoms in total. The molecule has 0 aromatic heterocycles. The van der Waals surface area contributed by atoms with Crippen LogP contribution in [0.4, 0.5) is 0 Å². The Labute approximate surface area is 124 Å². The van der Waals surface area contributed by atoms with Crippen molar-refractivity contribution in [1.82, 2.24) is 5.32 Å². The number of rotatable bonds is 4. The monoisotopic (exact) mass is 287 g/mol. The van der Waals surface area contributed by atoms with E-state index in [0.29, 0.717) is 6.42 Å². The van der Waals surface area contributed by atoms with Gasteiger partial charge in [0.25, 0.3) is 0 Å². The largest absolute Gasteiger partial charge is 0.479 e. The Bertz CT molecular complexity index is 538. The van der Waals surface area contributed by atoms with Crippen LogP contribution < -0.4 is 5.32 Å². The summed E-state index contributed by atoms with van der Waals surface area (Å²) in [5, 5.41) is 12.3. The smallest absolute Gasteiger partial charge is 0.329 e. The lowest BCUT2D eigenvalue weighted by Crippen LogP contribution is -2.59. The van der Waals surface area contributed by atoms with E-state index in [4.69, 9.17) is 0 Å². The molecule has 1 aromatic rings. The first-order valence-corrected chi connectivity index (χ1v) is 7.33. The summed E-state index contributed by atoms with van der Waals surface area (Å²) >= 11 is 0. The molecule has 1 fully saturated rings. The number of hydrogen-bond donors (Lipinski definition) is 2. The molecule has 112 valence electrons. The van der Waals surface area contributed by atoms with E-state index in [9.17, 15) is 14.7 Å². The van der Waals surface area contributed by atoms with Crippen LogP contribution in [0.5, 0.6) is 0 Å². The fourth-order valence-electron chi connectivity index (χ4n) is 2.90. The van der Waals surface area contributed by atoms with E-state index in [2.05, 4.69) is 5.32 Å². The topological polar surface area (TPSA) is 66.4 Å². The zero-order chi connectivity index (χ0) is 15.3. The number of aliphatic carboxylic acids is 1. The van der Waals surface area contributed by atoms with Crippen LogP contribution in [0.2, 0.25) is 0 Å². The highest BCUT2D eigenvalue weighted by Crippen LogP contribution is 2.33. The second-order valence-electron chi connectivity index (χ2n) is 5.66. The SMILES string of the molecule is CC1CCCCC1(NC(=O)C=Cc1ccccc1)C(=O)O. The zero-order valence-corrected chi connectivity index (χ0v) is 12.2. The highest BCUT2D eigenvalue weighted by molar-refractivity contribution is 5.96. The summed E-state index contributed by atoms with van der Waals surface area (Å²) in [6.07, 6.45) is 6.27. The molecule has 2 unspecified atom stereocenters. The van der Waals surface area contributed by atoms with Crippen LogP contribution in [-0.2, 0) is 9.59 Å². The molecule has 2 N–H and O–H groups in total. The lowest BCUT2D eigenvalue weighted by atomic mass is 9.73.